The monoisotopic (exact) mass is 415 g/mol. The minimum Gasteiger partial charge on any atom is -0.593 e. The van der Waals surface area contributed by atoms with Crippen LogP contribution in [0.2, 0.25) is 0 Å². The summed E-state index contributed by atoms with van der Waals surface area (Å²) in [4.78, 5) is 15.0. The third-order valence-electron chi connectivity index (χ3n) is 7.37. The molecule has 1 atom stereocenters. The number of urea groups is 1. The Morgan fingerprint density at radius 2 is 1.66 bits per heavy atom. The highest BCUT2D eigenvalue weighted by molar-refractivity contribution is 7.90. The van der Waals surface area contributed by atoms with Crippen LogP contribution in [0.4, 0.5) is 10.5 Å². The zero-order valence-electron chi connectivity index (χ0n) is 17.3. The van der Waals surface area contributed by atoms with Gasteiger partial charge in [0.15, 0.2) is 5.25 Å². The Balaban J connectivity index is 1.14. The maximum absolute atomic E-state index is 12.6. The molecule has 0 bridgehead atoms. The molecule has 1 unspecified atom stereocenters. The highest BCUT2D eigenvalue weighted by Crippen LogP contribution is 2.38. The van der Waals surface area contributed by atoms with Gasteiger partial charge in [-0.2, -0.15) is 4.72 Å². The molecule has 1 saturated carbocycles. The summed E-state index contributed by atoms with van der Waals surface area (Å²) >= 11 is -1.31. The Morgan fingerprint density at radius 3 is 2.31 bits per heavy atom. The molecule has 29 heavy (non-hydrogen) atoms. The summed E-state index contributed by atoms with van der Waals surface area (Å²) in [5.74, 6) is 0.816. The van der Waals surface area contributed by atoms with Gasteiger partial charge in [-0.15, -0.1) is 0 Å². The number of hydrogen-bond donors (Lipinski definition) is 2. The molecule has 6 heteroatoms. The topological polar surface area (TPSA) is 67.4 Å². The van der Waals surface area contributed by atoms with Crippen molar-refractivity contribution in [2.24, 2.45) is 5.92 Å². The lowest BCUT2D eigenvalue weighted by atomic mass is 9.88. The van der Waals surface area contributed by atoms with Crippen LogP contribution in [0, 0.1) is 5.92 Å². The highest BCUT2D eigenvalue weighted by atomic mass is 32.2. The number of benzene rings is 1. The van der Waals surface area contributed by atoms with Crippen molar-refractivity contribution in [3.8, 4) is 0 Å². The largest absolute Gasteiger partial charge is 0.593 e. The number of hydrogen-bond acceptors (Lipinski definition) is 3. The standard InChI is InChI=1S/C23H33N3O2S/c27-23(24-22-20-10-4-8-17(20)12-18-9-5-11-21(18)22)25-29(28)19-14-26(15-19)13-16-6-2-1-3-7-16/h12,16,19H,1-11,13-15H2,(H2,24,25,27). The number of likely N-dealkylation sites (tertiary alicyclic amines) is 1. The maximum atomic E-state index is 12.6. The van der Waals surface area contributed by atoms with Gasteiger partial charge in [-0.3, -0.25) is 4.90 Å². The first-order chi connectivity index (χ1) is 14.2. The Bertz CT molecular complexity index is 740. The van der Waals surface area contributed by atoms with Crippen molar-refractivity contribution in [2.75, 3.05) is 25.0 Å². The SMILES string of the molecule is O=C(Nc1c2c(cc3c1CCC3)CCC2)N[S+]([O-])C1CN(CC2CCCCC2)C1. The molecule has 5 nitrogen and oxygen atoms in total. The van der Waals surface area contributed by atoms with E-state index in [1.807, 2.05) is 0 Å². The second kappa shape index (κ2) is 8.48. The zero-order valence-corrected chi connectivity index (χ0v) is 18.1. The molecule has 1 saturated heterocycles. The van der Waals surface area contributed by atoms with Crippen LogP contribution < -0.4 is 10.0 Å². The predicted octanol–water partition coefficient (Wildman–Crippen LogP) is 3.71. The van der Waals surface area contributed by atoms with Crippen molar-refractivity contribution in [2.45, 2.75) is 75.9 Å². The normalized spacial score (nSPS) is 23.3. The van der Waals surface area contributed by atoms with Crippen LogP contribution in [0.5, 0.6) is 0 Å². The third-order valence-corrected chi connectivity index (χ3v) is 8.66. The van der Waals surface area contributed by atoms with E-state index in [1.54, 1.807) is 0 Å². The first-order valence-corrected chi connectivity index (χ1v) is 12.8. The molecule has 2 amide bonds. The average molecular weight is 416 g/mol. The molecular weight excluding hydrogens is 382 g/mol. The number of nitrogens with zero attached hydrogens (tertiary/aromatic N) is 1. The number of aryl methyl sites for hydroxylation is 2. The smallest absolute Gasteiger partial charge is 0.360 e. The number of carbonyl (C=O) groups is 1. The van der Waals surface area contributed by atoms with Gasteiger partial charge < -0.3 is 9.87 Å². The van der Waals surface area contributed by atoms with Gasteiger partial charge in [-0.25, -0.2) is 4.79 Å². The van der Waals surface area contributed by atoms with Gasteiger partial charge in [0.1, 0.15) is 0 Å². The summed E-state index contributed by atoms with van der Waals surface area (Å²) in [6.45, 7) is 2.83. The lowest BCUT2D eigenvalue weighted by molar-refractivity contribution is 0.138. The molecule has 3 aliphatic carbocycles. The fourth-order valence-corrected chi connectivity index (χ4v) is 6.92. The van der Waals surface area contributed by atoms with E-state index >= 15 is 0 Å². The second-order valence-electron chi connectivity index (χ2n) is 9.43. The fraction of sp³-hybridized carbons (Fsp3) is 0.696. The van der Waals surface area contributed by atoms with Gasteiger partial charge in [-0.1, -0.05) is 25.3 Å². The van der Waals surface area contributed by atoms with Crippen molar-refractivity contribution >= 4 is 23.1 Å². The van der Waals surface area contributed by atoms with Crippen molar-refractivity contribution in [1.29, 1.82) is 0 Å². The maximum Gasteiger partial charge on any atom is 0.360 e. The van der Waals surface area contributed by atoms with Crippen molar-refractivity contribution < 1.29 is 9.35 Å². The molecule has 0 spiro atoms. The van der Waals surface area contributed by atoms with Crippen molar-refractivity contribution in [3.63, 3.8) is 0 Å². The molecule has 158 valence electrons. The molecule has 1 aliphatic heterocycles. The molecule has 2 fully saturated rings. The van der Waals surface area contributed by atoms with Crippen LogP contribution in [0.15, 0.2) is 6.07 Å². The second-order valence-corrected chi connectivity index (χ2v) is 10.9. The van der Waals surface area contributed by atoms with E-state index in [9.17, 15) is 9.35 Å². The number of amides is 2. The van der Waals surface area contributed by atoms with Crippen LogP contribution in [0.1, 0.15) is 67.2 Å². The molecule has 1 aromatic rings. The first kappa shape index (κ1) is 19.7. The van der Waals surface area contributed by atoms with Crippen LogP contribution in [0.3, 0.4) is 0 Å². The third kappa shape index (κ3) is 4.17. The van der Waals surface area contributed by atoms with Gasteiger partial charge >= 0.3 is 6.03 Å². The highest BCUT2D eigenvalue weighted by Gasteiger charge is 2.39. The molecule has 2 N–H and O–H groups in total. The molecule has 1 aromatic carbocycles. The lowest BCUT2D eigenvalue weighted by Crippen LogP contribution is -2.59. The van der Waals surface area contributed by atoms with Crippen LogP contribution in [-0.4, -0.2) is 40.4 Å². The summed E-state index contributed by atoms with van der Waals surface area (Å²) in [6, 6.07) is 2.06. The van der Waals surface area contributed by atoms with E-state index in [-0.39, 0.29) is 11.3 Å². The minimum absolute atomic E-state index is 0.0662. The molecule has 0 radical (unpaired) electrons. The Morgan fingerprint density at radius 1 is 1.00 bits per heavy atom. The number of fused-ring (bicyclic) bond motifs is 2. The summed E-state index contributed by atoms with van der Waals surface area (Å²) < 4.78 is 15.4. The van der Waals surface area contributed by atoms with Crippen molar-refractivity contribution in [1.82, 2.24) is 9.62 Å². The van der Waals surface area contributed by atoms with E-state index in [4.69, 9.17) is 0 Å². The van der Waals surface area contributed by atoms with Gasteiger partial charge in [0.25, 0.3) is 0 Å². The summed E-state index contributed by atoms with van der Waals surface area (Å²) in [6.07, 6.45) is 13.4. The number of anilines is 1. The van der Waals surface area contributed by atoms with E-state index in [0.717, 1.165) is 56.9 Å². The lowest BCUT2D eigenvalue weighted by Gasteiger charge is -2.40. The summed E-state index contributed by atoms with van der Waals surface area (Å²) in [5, 5.41) is 3.16. The number of rotatable bonds is 5. The van der Waals surface area contributed by atoms with Gasteiger partial charge in [0, 0.05) is 12.2 Å². The van der Waals surface area contributed by atoms with E-state index < -0.39 is 11.4 Å². The molecule has 5 rings (SSSR count). The van der Waals surface area contributed by atoms with Gasteiger partial charge in [0.2, 0.25) is 0 Å². The zero-order chi connectivity index (χ0) is 19.8. The predicted molar refractivity (Wildman–Crippen MR) is 118 cm³/mol. The quantitative estimate of drug-likeness (QED) is 0.721. The summed E-state index contributed by atoms with van der Waals surface area (Å²) in [7, 11) is 0. The van der Waals surface area contributed by atoms with E-state index in [1.165, 1.54) is 67.2 Å². The molecule has 1 heterocycles. The fourth-order valence-electron chi connectivity index (χ4n) is 5.82. The first-order valence-electron chi connectivity index (χ1n) is 11.5. The summed E-state index contributed by atoms with van der Waals surface area (Å²) in [5.41, 5.74) is 6.45. The Kier molecular flexibility index (Phi) is 5.76. The number of nitrogens with one attached hydrogen (secondary N) is 2. The molecular formula is C23H33N3O2S. The van der Waals surface area contributed by atoms with Crippen molar-refractivity contribution in [3.05, 3.63) is 28.3 Å². The van der Waals surface area contributed by atoms with Gasteiger partial charge in [0.05, 0.1) is 24.5 Å². The number of carbonyl (C=O) groups excluding carboxylic acids is 1. The van der Waals surface area contributed by atoms with Crippen LogP contribution in [-0.2, 0) is 37.0 Å². The average Bonchev–Trinajstić information content (AvgIpc) is 3.34. The molecule has 4 aliphatic rings. The van der Waals surface area contributed by atoms with Gasteiger partial charge in [-0.05, 0) is 79.5 Å². The van der Waals surface area contributed by atoms with Crippen LogP contribution in [0.25, 0.3) is 0 Å². The Hall–Kier alpha value is -1.24. The van der Waals surface area contributed by atoms with Crippen LogP contribution >= 0.6 is 0 Å². The molecule has 0 aromatic heterocycles. The minimum atomic E-state index is -1.31. The Labute approximate surface area is 177 Å². The van der Waals surface area contributed by atoms with E-state index in [2.05, 4.69) is 21.0 Å². The van der Waals surface area contributed by atoms with E-state index in [0.29, 0.717) is 0 Å².